The van der Waals surface area contributed by atoms with E-state index in [1.54, 1.807) is 6.07 Å². The summed E-state index contributed by atoms with van der Waals surface area (Å²) in [7, 11) is 0. The monoisotopic (exact) mass is 413 g/mol. The molecule has 1 fully saturated rings. The van der Waals surface area contributed by atoms with Crippen molar-refractivity contribution < 1.29 is 9.13 Å². The first kappa shape index (κ1) is 17.5. The van der Waals surface area contributed by atoms with Gasteiger partial charge in [-0.15, -0.1) is 24.0 Å². The van der Waals surface area contributed by atoms with Gasteiger partial charge in [-0.05, 0) is 24.1 Å². The van der Waals surface area contributed by atoms with E-state index < -0.39 is 0 Å². The first-order valence-corrected chi connectivity index (χ1v) is 6.61. The van der Waals surface area contributed by atoms with Crippen LogP contribution in [0.1, 0.15) is 5.56 Å². The molecular formula is C13H18ClFIN3O. The number of morpholine rings is 1. The van der Waals surface area contributed by atoms with E-state index in [-0.39, 0.29) is 29.8 Å². The number of nitrogens with two attached hydrogens (primary N) is 1. The quantitative estimate of drug-likeness (QED) is 0.470. The summed E-state index contributed by atoms with van der Waals surface area (Å²) >= 11 is 5.95. The van der Waals surface area contributed by atoms with Gasteiger partial charge in [-0.3, -0.25) is 4.99 Å². The van der Waals surface area contributed by atoms with Crippen molar-refractivity contribution in [1.82, 2.24) is 4.90 Å². The molecule has 0 amide bonds. The molecule has 1 aliphatic heterocycles. The van der Waals surface area contributed by atoms with Crippen LogP contribution >= 0.6 is 35.6 Å². The van der Waals surface area contributed by atoms with E-state index in [9.17, 15) is 4.39 Å². The van der Waals surface area contributed by atoms with Gasteiger partial charge in [0.25, 0.3) is 0 Å². The summed E-state index contributed by atoms with van der Waals surface area (Å²) in [6, 6.07) is 4.39. The minimum Gasteiger partial charge on any atom is -0.378 e. The van der Waals surface area contributed by atoms with Crippen LogP contribution in [0.15, 0.2) is 23.2 Å². The lowest BCUT2D eigenvalue weighted by atomic mass is 10.1. The van der Waals surface area contributed by atoms with E-state index in [1.807, 2.05) is 4.90 Å². The van der Waals surface area contributed by atoms with E-state index in [2.05, 4.69) is 4.99 Å². The molecule has 20 heavy (non-hydrogen) atoms. The molecule has 7 heteroatoms. The Balaban J connectivity index is 0.00000200. The first-order valence-electron chi connectivity index (χ1n) is 6.23. The normalized spacial score (nSPS) is 15.9. The molecule has 1 aliphatic rings. The largest absolute Gasteiger partial charge is 0.378 e. The van der Waals surface area contributed by atoms with E-state index in [4.69, 9.17) is 22.1 Å². The van der Waals surface area contributed by atoms with Crippen LogP contribution in [-0.2, 0) is 11.2 Å². The zero-order valence-electron chi connectivity index (χ0n) is 11.0. The van der Waals surface area contributed by atoms with Crippen molar-refractivity contribution in [2.24, 2.45) is 10.7 Å². The van der Waals surface area contributed by atoms with Crippen LogP contribution in [0.3, 0.4) is 0 Å². The van der Waals surface area contributed by atoms with Crippen molar-refractivity contribution in [3.05, 3.63) is 34.6 Å². The predicted octanol–water partition coefficient (Wildman–Crippen LogP) is 2.29. The number of hydrogen-bond acceptors (Lipinski definition) is 2. The number of nitrogens with zero attached hydrogens (tertiary/aromatic N) is 2. The highest BCUT2D eigenvalue weighted by Crippen LogP contribution is 2.17. The second-order valence-electron chi connectivity index (χ2n) is 4.33. The van der Waals surface area contributed by atoms with Gasteiger partial charge in [-0.25, -0.2) is 4.39 Å². The lowest BCUT2D eigenvalue weighted by molar-refractivity contribution is 0.0674. The lowest BCUT2D eigenvalue weighted by Crippen LogP contribution is -2.44. The lowest BCUT2D eigenvalue weighted by Gasteiger charge is -2.27. The molecule has 0 saturated carbocycles. The molecular weight excluding hydrogens is 396 g/mol. The van der Waals surface area contributed by atoms with Gasteiger partial charge in [0.05, 0.1) is 13.2 Å². The smallest absolute Gasteiger partial charge is 0.191 e. The van der Waals surface area contributed by atoms with Crippen molar-refractivity contribution in [3.63, 3.8) is 0 Å². The van der Waals surface area contributed by atoms with E-state index in [0.29, 0.717) is 37.2 Å². The average molecular weight is 414 g/mol. The molecule has 2 N–H and O–H groups in total. The van der Waals surface area contributed by atoms with Crippen LogP contribution in [0.5, 0.6) is 0 Å². The van der Waals surface area contributed by atoms with Crippen molar-refractivity contribution in [1.29, 1.82) is 0 Å². The first-order chi connectivity index (χ1) is 9.16. The molecule has 112 valence electrons. The van der Waals surface area contributed by atoms with Crippen LogP contribution in [0.2, 0.25) is 5.02 Å². The van der Waals surface area contributed by atoms with Crippen LogP contribution < -0.4 is 5.73 Å². The third kappa shape index (κ3) is 5.06. The Kier molecular flexibility index (Phi) is 7.53. The molecule has 0 aromatic heterocycles. The number of hydrogen-bond donors (Lipinski definition) is 1. The van der Waals surface area contributed by atoms with Crippen molar-refractivity contribution >= 4 is 41.5 Å². The van der Waals surface area contributed by atoms with Crippen molar-refractivity contribution in [2.75, 3.05) is 32.8 Å². The number of benzene rings is 1. The highest BCUT2D eigenvalue weighted by Gasteiger charge is 2.11. The summed E-state index contributed by atoms with van der Waals surface area (Å²) in [4.78, 5) is 6.31. The molecule has 1 heterocycles. The number of rotatable bonds is 3. The summed E-state index contributed by atoms with van der Waals surface area (Å²) in [6.07, 6.45) is 0.643. The minimum atomic E-state index is -0.329. The Hall–Kier alpha value is -0.600. The third-order valence-electron chi connectivity index (χ3n) is 3.01. The van der Waals surface area contributed by atoms with Gasteiger partial charge in [-0.1, -0.05) is 17.7 Å². The molecule has 4 nitrogen and oxygen atoms in total. The Bertz CT molecular complexity index is 467. The highest BCUT2D eigenvalue weighted by atomic mass is 127. The van der Waals surface area contributed by atoms with Crippen LogP contribution in [0.4, 0.5) is 4.39 Å². The summed E-state index contributed by atoms with van der Waals surface area (Å²) in [6.45, 7) is 3.44. The molecule has 0 atom stereocenters. The zero-order chi connectivity index (χ0) is 13.7. The fourth-order valence-corrected chi connectivity index (χ4v) is 2.17. The van der Waals surface area contributed by atoms with E-state index >= 15 is 0 Å². The second-order valence-corrected chi connectivity index (χ2v) is 4.73. The van der Waals surface area contributed by atoms with E-state index in [0.717, 1.165) is 18.7 Å². The van der Waals surface area contributed by atoms with Gasteiger partial charge in [-0.2, -0.15) is 0 Å². The number of halogens is 3. The van der Waals surface area contributed by atoms with Gasteiger partial charge in [0.2, 0.25) is 0 Å². The van der Waals surface area contributed by atoms with E-state index in [1.165, 1.54) is 12.1 Å². The number of ether oxygens (including phenoxy) is 1. The average Bonchev–Trinajstić information content (AvgIpc) is 2.42. The van der Waals surface area contributed by atoms with Crippen LogP contribution in [0, 0.1) is 5.82 Å². The molecule has 0 bridgehead atoms. The Labute approximate surface area is 140 Å². The van der Waals surface area contributed by atoms with Gasteiger partial charge in [0, 0.05) is 24.7 Å². The molecule has 1 saturated heterocycles. The summed E-state index contributed by atoms with van der Waals surface area (Å²) in [5.41, 5.74) is 6.78. The maximum atomic E-state index is 12.9. The Morgan fingerprint density at radius 1 is 1.40 bits per heavy atom. The van der Waals surface area contributed by atoms with Gasteiger partial charge in [0.1, 0.15) is 5.82 Å². The summed E-state index contributed by atoms with van der Waals surface area (Å²) in [5, 5.41) is 0.431. The minimum absolute atomic E-state index is 0. The molecule has 0 spiro atoms. The number of guanidine groups is 1. The SMILES string of the molecule is I.NC(=NCCc1ccc(F)cc1Cl)N1CCOCC1. The number of aliphatic imine (C=N–C) groups is 1. The second kappa shape index (κ2) is 8.63. The summed E-state index contributed by atoms with van der Waals surface area (Å²) in [5.74, 6) is 0.201. The topological polar surface area (TPSA) is 50.8 Å². The van der Waals surface area contributed by atoms with Crippen molar-refractivity contribution in [3.8, 4) is 0 Å². The maximum absolute atomic E-state index is 12.9. The Morgan fingerprint density at radius 2 is 2.10 bits per heavy atom. The molecule has 0 aliphatic carbocycles. The maximum Gasteiger partial charge on any atom is 0.191 e. The Morgan fingerprint density at radius 3 is 2.75 bits per heavy atom. The molecule has 1 aromatic carbocycles. The summed E-state index contributed by atoms with van der Waals surface area (Å²) < 4.78 is 18.1. The van der Waals surface area contributed by atoms with Crippen LogP contribution in [0.25, 0.3) is 0 Å². The van der Waals surface area contributed by atoms with Gasteiger partial charge < -0.3 is 15.4 Å². The predicted molar refractivity (Wildman–Crippen MR) is 89.4 cm³/mol. The third-order valence-corrected chi connectivity index (χ3v) is 3.36. The fourth-order valence-electron chi connectivity index (χ4n) is 1.91. The molecule has 1 aromatic rings. The van der Waals surface area contributed by atoms with Gasteiger partial charge in [0.15, 0.2) is 5.96 Å². The fraction of sp³-hybridized carbons (Fsp3) is 0.462. The standard InChI is InChI=1S/C13H17ClFN3O.HI/c14-12-9-11(15)2-1-10(12)3-4-17-13(16)18-5-7-19-8-6-18;/h1-2,9H,3-8H2,(H2,16,17);1H. The molecule has 0 unspecified atom stereocenters. The van der Waals surface area contributed by atoms with Gasteiger partial charge >= 0.3 is 0 Å². The zero-order valence-corrected chi connectivity index (χ0v) is 14.1. The molecule has 0 radical (unpaired) electrons. The van der Waals surface area contributed by atoms with Crippen LogP contribution in [-0.4, -0.2) is 43.7 Å². The van der Waals surface area contributed by atoms with Crippen molar-refractivity contribution in [2.45, 2.75) is 6.42 Å². The molecule has 2 rings (SSSR count). The highest BCUT2D eigenvalue weighted by molar-refractivity contribution is 14.0.